The van der Waals surface area contributed by atoms with Crippen LogP contribution in [-0.2, 0) is 11.3 Å². The Balaban J connectivity index is 1.77. The number of nitrogens with zero attached hydrogens (tertiary/aromatic N) is 1. The second kappa shape index (κ2) is 9.23. The van der Waals surface area contributed by atoms with Crippen molar-refractivity contribution in [2.75, 3.05) is 0 Å². The summed E-state index contributed by atoms with van der Waals surface area (Å²) >= 11 is -1.91. The molecule has 8 heteroatoms. The molecule has 0 aliphatic rings. The molecule has 144 valence electrons. The van der Waals surface area contributed by atoms with Gasteiger partial charge >= 0.3 is 0 Å². The number of hydrogen-bond donors (Lipinski definition) is 2. The van der Waals surface area contributed by atoms with Crippen molar-refractivity contribution in [3.05, 3.63) is 106 Å². The lowest BCUT2D eigenvalue weighted by Crippen LogP contribution is -2.34. The topological polar surface area (TPSA) is 107 Å². The van der Waals surface area contributed by atoms with Crippen molar-refractivity contribution in [2.45, 2.75) is 12.1 Å². The third-order valence-electron chi connectivity index (χ3n) is 4.14. The van der Waals surface area contributed by atoms with E-state index in [0.29, 0.717) is 0 Å². The summed E-state index contributed by atoms with van der Waals surface area (Å²) in [6, 6.07) is 23.4. The molecule has 0 radical (unpaired) electrons. The van der Waals surface area contributed by atoms with E-state index in [1.165, 1.54) is 24.3 Å². The van der Waals surface area contributed by atoms with Gasteiger partial charge < -0.3 is 9.92 Å². The van der Waals surface area contributed by atoms with Crippen molar-refractivity contribution >= 4 is 17.0 Å². The highest BCUT2D eigenvalue weighted by Crippen LogP contribution is 2.27. The van der Waals surface area contributed by atoms with Gasteiger partial charge in [-0.25, -0.2) is 0 Å². The Morgan fingerprint density at radius 1 is 0.893 bits per heavy atom. The molecule has 3 rings (SSSR count). The average molecular weight is 397 g/mol. The van der Waals surface area contributed by atoms with E-state index < -0.39 is 28.3 Å². The van der Waals surface area contributed by atoms with E-state index in [-0.39, 0.29) is 11.4 Å². The molecular weight excluding hydrogens is 378 g/mol. The summed E-state index contributed by atoms with van der Waals surface area (Å²) in [5, 5.41) is 10.7. The van der Waals surface area contributed by atoms with Crippen LogP contribution >= 0.6 is 0 Å². The van der Waals surface area contributed by atoms with Crippen LogP contribution in [0.5, 0.6) is 5.75 Å². The van der Waals surface area contributed by atoms with Crippen LogP contribution in [0.1, 0.15) is 23.2 Å². The molecule has 0 aliphatic carbocycles. The van der Waals surface area contributed by atoms with E-state index in [4.69, 9.17) is 9.92 Å². The van der Waals surface area contributed by atoms with E-state index in [2.05, 4.69) is 4.72 Å². The van der Waals surface area contributed by atoms with Gasteiger partial charge in [0.2, 0.25) is 0 Å². The molecule has 0 spiro atoms. The van der Waals surface area contributed by atoms with Gasteiger partial charge in [-0.3, -0.25) is 10.1 Å². The molecule has 0 saturated heterocycles. The third-order valence-corrected chi connectivity index (χ3v) is 4.94. The average Bonchev–Trinajstić information content (AvgIpc) is 2.73. The number of nitrogens with two attached hydrogens (primary N) is 1. The van der Waals surface area contributed by atoms with Gasteiger partial charge in [0.1, 0.15) is 5.75 Å². The molecule has 0 heterocycles. The van der Waals surface area contributed by atoms with Crippen LogP contribution in [0, 0.1) is 10.1 Å². The zero-order valence-electron chi connectivity index (χ0n) is 14.8. The number of nitrogens with one attached hydrogen (secondary N) is 1. The lowest BCUT2D eigenvalue weighted by molar-refractivity contribution is -0.384. The summed E-state index contributed by atoms with van der Waals surface area (Å²) in [4.78, 5) is 10.2. The minimum absolute atomic E-state index is 0.0700. The monoisotopic (exact) mass is 397 g/mol. The minimum Gasteiger partial charge on any atom is -0.389 e. The first-order chi connectivity index (χ1) is 13.5. The maximum absolute atomic E-state index is 12.5. The van der Waals surface area contributed by atoms with E-state index in [1.54, 1.807) is 0 Å². The summed E-state index contributed by atoms with van der Waals surface area (Å²) in [6.45, 7) is 0. The van der Waals surface area contributed by atoms with Gasteiger partial charge in [0.05, 0.1) is 17.0 Å². The van der Waals surface area contributed by atoms with Gasteiger partial charge in [-0.05, 0) is 23.3 Å². The van der Waals surface area contributed by atoms with Gasteiger partial charge in [0.15, 0.2) is 0 Å². The van der Waals surface area contributed by atoms with Gasteiger partial charge in [-0.1, -0.05) is 60.7 Å². The highest BCUT2D eigenvalue weighted by atomic mass is 32.2. The molecule has 3 atom stereocenters. The smallest absolute Gasteiger partial charge is 0.288 e. The molecule has 0 fully saturated rings. The predicted molar refractivity (Wildman–Crippen MR) is 108 cm³/mol. The first kappa shape index (κ1) is 19.7. The van der Waals surface area contributed by atoms with E-state index in [0.717, 1.165) is 11.1 Å². The Kier molecular flexibility index (Phi) is 6.49. The molecule has 0 aromatic heterocycles. The van der Waals surface area contributed by atoms with Crippen molar-refractivity contribution in [2.24, 2.45) is 5.73 Å². The molecule has 28 heavy (non-hydrogen) atoms. The van der Waals surface area contributed by atoms with Gasteiger partial charge in [-0.15, -0.1) is 0 Å². The van der Waals surface area contributed by atoms with Crippen LogP contribution < -0.4 is 14.6 Å². The second-order valence-corrected chi connectivity index (χ2v) is 6.88. The molecule has 0 bridgehead atoms. The lowest BCUT2D eigenvalue weighted by Gasteiger charge is -2.25. The molecule has 3 N–H and O–H groups in total. The predicted octanol–water partition coefficient (Wildman–Crippen LogP) is 3.58. The van der Waals surface area contributed by atoms with Crippen molar-refractivity contribution in [1.29, 1.82) is 0 Å². The standard InChI is InChI=1S/C20H19N3O4S/c21-19(15-7-3-1-4-8-15)20(16-9-5-2-6-10-16)22-28(26)27-18-13-11-17(12-14-18)23(24)25/h1-14,19-20,22H,21H2/t19-,20-,28?/m0/s1. The van der Waals surface area contributed by atoms with Crippen molar-refractivity contribution in [3.8, 4) is 5.75 Å². The Bertz CT molecular complexity index is 937. The molecular formula is C20H19N3O4S. The van der Waals surface area contributed by atoms with Crippen LogP contribution in [0.15, 0.2) is 84.9 Å². The quantitative estimate of drug-likeness (QED) is 0.446. The van der Waals surface area contributed by atoms with Crippen molar-refractivity contribution in [3.63, 3.8) is 0 Å². The van der Waals surface area contributed by atoms with Crippen LogP contribution in [0.25, 0.3) is 0 Å². The number of benzene rings is 3. The summed E-state index contributed by atoms with van der Waals surface area (Å²) in [6.07, 6.45) is 0. The zero-order valence-corrected chi connectivity index (χ0v) is 15.6. The number of non-ortho nitro benzene ring substituents is 1. The molecule has 0 aliphatic heterocycles. The Hall–Kier alpha value is -3.07. The maximum atomic E-state index is 12.5. The Morgan fingerprint density at radius 3 is 1.96 bits per heavy atom. The lowest BCUT2D eigenvalue weighted by atomic mass is 9.95. The van der Waals surface area contributed by atoms with Crippen LogP contribution in [0.3, 0.4) is 0 Å². The highest BCUT2D eigenvalue weighted by molar-refractivity contribution is 7.78. The van der Waals surface area contributed by atoms with Crippen LogP contribution in [0.2, 0.25) is 0 Å². The normalized spacial score (nSPS) is 14.0. The van der Waals surface area contributed by atoms with Gasteiger partial charge in [0, 0.05) is 12.1 Å². The Morgan fingerprint density at radius 2 is 1.43 bits per heavy atom. The SMILES string of the molecule is N[C@@H](c1ccccc1)[C@@H](NS(=O)Oc1ccc([N+](=O)[O-])cc1)c1ccccc1. The summed E-state index contributed by atoms with van der Waals surface area (Å²) in [5.74, 6) is 0.247. The number of nitro benzene ring substituents is 1. The Labute approximate surface area is 165 Å². The van der Waals surface area contributed by atoms with E-state index >= 15 is 0 Å². The van der Waals surface area contributed by atoms with E-state index in [9.17, 15) is 14.3 Å². The first-order valence-corrected chi connectivity index (χ1v) is 9.58. The molecule has 3 aromatic carbocycles. The minimum atomic E-state index is -1.91. The van der Waals surface area contributed by atoms with E-state index in [1.807, 2.05) is 60.7 Å². The number of hydrogen-bond acceptors (Lipinski definition) is 5. The van der Waals surface area contributed by atoms with Crippen LogP contribution in [-0.4, -0.2) is 9.13 Å². The van der Waals surface area contributed by atoms with Crippen LogP contribution in [0.4, 0.5) is 5.69 Å². The molecule has 0 amide bonds. The van der Waals surface area contributed by atoms with Crippen molar-refractivity contribution in [1.82, 2.24) is 4.72 Å². The largest absolute Gasteiger partial charge is 0.389 e. The van der Waals surface area contributed by atoms with Gasteiger partial charge in [-0.2, -0.15) is 8.93 Å². The number of rotatable bonds is 8. The fourth-order valence-corrected chi connectivity index (χ4v) is 3.54. The number of nitro groups is 1. The fourth-order valence-electron chi connectivity index (χ4n) is 2.72. The highest BCUT2D eigenvalue weighted by Gasteiger charge is 2.24. The summed E-state index contributed by atoms with van der Waals surface area (Å²) < 4.78 is 20.8. The molecule has 1 unspecified atom stereocenters. The summed E-state index contributed by atoms with van der Waals surface area (Å²) in [5.41, 5.74) is 8.11. The fraction of sp³-hybridized carbons (Fsp3) is 0.100. The molecule has 0 saturated carbocycles. The van der Waals surface area contributed by atoms with Gasteiger partial charge in [0.25, 0.3) is 17.0 Å². The molecule has 7 nitrogen and oxygen atoms in total. The van der Waals surface area contributed by atoms with Crippen molar-refractivity contribution < 1.29 is 13.3 Å². The summed E-state index contributed by atoms with van der Waals surface area (Å²) in [7, 11) is 0. The third kappa shape index (κ3) is 5.01. The maximum Gasteiger partial charge on any atom is 0.288 e. The second-order valence-electron chi connectivity index (χ2n) is 6.01. The first-order valence-electron chi connectivity index (χ1n) is 8.51. The zero-order chi connectivity index (χ0) is 19.9. The molecule has 3 aromatic rings.